The van der Waals surface area contributed by atoms with Crippen molar-refractivity contribution in [1.82, 2.24) is 0 Å². The van der Waals surface area contributed by atoms with E-state index in [2.05, 4.69) is 6.08 Å². The molecule has 18 heavy (non-hydrogen) atoms. The summed E-state index contributed by atoms with van der Waals surface area (Å²) < 4.78 is 13.0. The van der Waals surface area contributed by atoms with Gasteiger partial charge in [0.2, 0.25) is 0 Å². The van der Waals surface area contributed by atoms with Crippen LogP contribution in [0.5, 0.6) is 0 Å². The largest absolute Gasteiger partial charge is 0.207 e. The molecule has 0 aliphatic heterocycles. The number of rotatable bonds is 4. The van der Waals surface area contributed by atoms with E-state index in [0.717, 1.165) is 23.1 Å². The van der Waals surface area contributed by atoms with Crippen molar-refractivity contribution in [3.63, 3.8) is 0 Å². The quantitative estimate of drug-likeness (QED) is 0.687. The third-order valence-electron chi connectivity index (χ3n) is 2.70. The molecule has 0 aliphatic carbocycles. The van der Waals surface area contributed by atoms with Gasteiger partial charge in [0.05, 0.1) is 0 Å². The van der Waals surface area contributed by atoms with E-state index in [9.17, 15) is 4.39 Å². The lowest BCUT2D eigenvalue weighted by Crippen LogP contribution is -1.89. The Morgan fingerprint density at radius 1 is 0.944 bits per heavy atom. The fourth-order valence-corrected chi connectivity index (χ4v) is 1.96. The van der Waals surface area contributed by atoms with Crippen LogP contribution in [0.2, 0.25) is 0 Å². The second-order valence-electron chi connectivity index (χ2n) is 3.97. The van der Waals surface area contributed by atoms with E-state index < -0.39 is 0 Å². The van der Waals surface area contributed by atoms with Gasteiger partial charge in [0.1, 0.15) is 5.82 Å². The molecule has 0 spiro atoms. The highest BCUT2D eigenvalue weighted by atomic mass is 35.5. The van der Waals surface area contributed by atoms with Crippen LogP contribution < -0.4 is 0 Å². The van der Waals surface area contributed by atoms with Gasteiger partial charge in [0.15, 0.2) is 0 Å². The van der Waals surface area contributed by atoms with Gasteiger partial charge in [-0.3, -0.25) is 0 Å². The Bertz CT molecular complexity index is 515. The summed E-state index contributed by atoms with van der Waals surface area (Å²) >= 11 is 5.74. The van der Waals surface area contributed by atoms with Gasteiger partial charge >= 0.3 is 0 Å². The number of hydrogen-bond donors (Lipinski definition) is 0. The van der Waals surface area contributed by atoms with Gasteiger partial charge in [-0.15, -0.1) is 11.6 Å². The van der Waals surface area contributed by atoms with Crippen molar-refractivity contribution >= 4 is 17.2 Å². The number of alkyl halides is 1. The standard InChI is InChI=1S/C16H14ClF/c17-12-4-7-16(13-5-2-1-3-6-13)14-8-10-15(18)11-9-14/h1-3,5-11H,4,12H2. The Hall–Kier alpha value is -1.60. The van der Waals surface area contributed by atoms with Crippen molar-refractivity contribution in [2.45, 2.75) is 6.42 Å². The summed E-state index contributed by atoms with van der Waals surface area (Å²) in [5, 5.41) is 0. The molecule has 0 N–H and O–H groups in total. The van der Waals surface area contributed by atoms with Gasteiger partial charge in [-0.2, -0.15) is 0 Å². The molecule has 0 unspecified atom stereocenters. The van der Waals surface area contributed by atoms with Crippen molar-refractivity contribution < 1.29 is 4.39 Å². The molecule has 0 heterocycles. The summed E-state index contributed by atoms with van der Waals surface area (Å²) in [4.78, 5) is 0. The Morgan fingerprint density at radius 3 is 2.17 bits per heavy atom. The van der Waals surface area contributed by atoms with Gasteiger partial charge in [0, 0.05) is 5.88 Å². The minimum Gasteiger partial charge on any atom is -0.207 e. The summed E-state index contributed by atoms with van der Waals surface area (Å²) in [6, 6.07) is 16.6. The van der Waals surface area contributed by atoms with E-state index in [-0.39, 0.29) is 5.82 Å². The number of benzene rings is 2. The second-order valence-corrected chi connectivity index (χ2v) is 4.35. The average molecular weight is 261 g/mol. The lowest BCUT2D eigenvalue weighted by atomic mass is 9.97. The predicted octanol–water partition coefficient (Wildman–Crippen LogP) is 4.89. The highest BCUT2D eigenvalue weighted by Gasteiger charge is 2.04. The molecule has 0 aliphatic rings. The van der Waals surface area contributed by atoms with Crippen LogP contribution in [0.1, 0.15) is 17.5 Å². The van der Waals surface area contributed by atoms with Crippen molar-refractivity contribution in [3.8, 4) is 0 Å². The topological polar surface area (TPSA) is 0 Å². The first-order valence-corrected chi connectivity index (χ1v) is 6.42. The number of hydrogen-bond acceptors (Lipinski definition) is 0. The molecule has 92 valence electrons. The van der Waals surface area contributed by atoms with E-state index in [0.29, 0.717) is 5.88 Å². The van der Waals surface area contributed by atoms with Gasteiger partial charge in [-0.05, 0) is 35.3 Å². The fraction of sp³-hybridized carbons (Fsp3) is 0.125. The van der Waals surface area contributed by atoms with Crippen LogP contribution in [0.3, 0.4) is 0 Å². The van der Waals surface area contributed by atoms with Crippen LogP contribution in [0.4, 0.5) is 4.39 Å². The first-order valence-electron chi connectivity index (χ1n) is 5.89. The Kier molecular flexibility index (Phi) is 4.54. The maximum absolute atomic E-state index is 13.0. The Labute approximate surface area is 112 Å². The van der Waals surface area contributed by atoms with Gasteiger partial charge in [-0.1, -0.05) is 48.5 Å². The third kappa shape index (κ3) is 3.21. The molecule has 2 heteroatoms. The smallest absolute Gasteiger partial charge is 0.123 e. The maximum Gasteiger partial charge on any atom is 0.123 e. The molecule has 0 saturated carbocycles. The van der Waals surface area contributed by atoms with E-state index >= 15 is 0 Å². The molecule has 0 fully saturated rings. The van der Waals surface area contributed by atoms with Gasteiger partial charge in [-0.25, -0.2) is 4.39 Å². The van der Waals surface area contributed by atoms with Crippen LogP contribution in [-0.2, 0) is 0 Å². The zero-order valence-electron chi connectivity index (χ0n) is 9.94. The molecular formula is C16H14ClF. The summed E-state index contributed by atoms with van der Waals surface area (Å²) in [7, 11) is 0. The number of halogens is 2. The lowest BCUT2D eigenvalue weighted by molar-refractivity contribution is 0.627. The molecule has 2 aromatic rings. The van der Waals surface area contributed by atoms with Gasteiger partial charge < -0.3 is 0 Å². The van der Waals surface area contributed by atoms with Crippen LogP contribution in [0.15, 0.2) is 60.7 Å². The monoisotopic (exact) mass is 260 g/mol. The summed E-state index contributed by atoms with van der Waals surface area (Å²) in [5.74, 6) is 0.362. The normalized spacial score (nSPS) is 11.6. The lowest BCUT2D eigenvalue weighted by Gasteiger charge is -2.08. The first-order chi connectivity index (χ1) is 8.81. The van der Waals surface area contributed by atoms with E-state index in [1.165, 1.54) is 12.1 Å². The van der Waals surface area contributed by atoms with E-state index in [4.69, 9.17) is 11.6 Å². The van der Waals surface area contributed by atoms with E-state index in [1.807, 2.05) is 30.3 Å². The molecule has 0 amide bonds. The minimum absolute atomic E-state index is 0.219. The molecule has 0 bridgehead atoms. The molecule has 0 radical (unpaired) electrons. The van der Waals surface area contributed by atoms with Gasteiger partial charge in [0.25, 0.3) is 0 Å². The molecule has 0 aromatic heterocycles. The van der Waals surface area contributed by atoms with E-state index in [1.54, 1.807) is 12.1 Å². The zero-order valence-corrected chi connectivity index (χ0v) is 10.7. The Morgan fingerprint density at radius 2 is 1.56 bits per heavy atom. The first kappa shape index (κ1) is 12.8. The molecule has 0 nitrogen and oxygen atoms in total. The molecule has 2 rings (SSSR count). The number of allylic oxidation sites excluding steroid dienone is 1. The van der Waals surface area contributed by atoms with Crippen LogP contribution in [-0.4, -0.2) is 5.88 Å². The van der Waals surface area contributed by atoms with Crippen molar-refractivity contribution in [2.24, 2.45) is 0 Å². The summed E-state index contributed by atoms with van der Waals surface area (Å²) in [6.07, 6.45) is 2.89. The Balaban J connectivity index is 2.40. The SMILES string of the molecule is Fc1ccc(C(=CCCCl)c2ccccc2)cc1. The third-order valence-corrected chi connectivity index (χ3v) is 2.92. The fourth-order valence-electron chi connectivity index (χ4n) is 1.85. The summed E-state index contributed by atoms with van der Waals surface area (Å²) in [5.41, 5.74) is 3.22. The maximum atomic E-state index is 13.0. The second kappa shape index (κ2) is 6.36. The minimum atomic E-state index is -0.219. The summed E-state index contributed by atoms with van der Waals surface area (Å²) in [6.45, 7) is 0. The zero-order chi connectivity index (χ0) is 12.8. The van der Waals surface area contributed by atoms with Crippen molar-refractivity contribution in [1.29, 1.82) is 0 Å². The van der Waals surface area contributed by atoms with Crippen LogP contribution in [0, 0.1) is 5.82 Å². The molecular weight excluding hydrogens is 247 g/mol. The van der Waals surface area contributed by atoms with Crippen LogP contribution in [0.25, 0.3) is 5.57 Å². The van der Waals surface area contributed by atoms with Crippen molar-refractivity contribution in [3.05, 3.63) is 77.6 Å². The highest BCUT2D eigenvalue weighted by Crippen LogP contribution is 2.24. The van der Waals surface area contributed by atoms with Crippen molar-refractivity contribution in [2.75, 3.05) is 5.88 Å². The molecule has 0 saturated heterocycles. The van der Waals surface area contributed by atoms with Crippen LogP contribution >= 0.6 is 11.6 Å². The predicted molar refractivity (Wildman–Crippen MR) is 75.3 cm³/mol. The molecule has 0 atom stereocenters. The average Bonchev–Trinajstić information content (AvgIpc) is 2.42. The highest BCUT2D eigenvalue weighted by molar-refractivity contribution is 6.18. The molecule has 2 aromatic carbocycles.